The van der Waals surface area contributed by atoms with E-state index in [1.807, 2.05) is 18.5 Å². The first kappa shape index (κ1) is 11.6. The molecule has 0 radical (unpaired) electrons. The summed E-state index contributed by atoms with van der Waals surface area (Å²) < 4.78 is 0. The van der Waals surface area contributed by atoms with Gasteiger partial charge in [-0.2, -0.15) is 0 Å². The van der Waals surface area contributed by atoms with Crippen molar-refractivity contribution in [3.05, 3.63) is 30.1 Å². The zero-order chi connectivity index (χ0) is 11.4. The average Bonchev–Trinajstić information content (AvgIpc) is 2.34. The lowest BCUT2D eigenvalue weighted by Gasteiger charge is -2.39. The van der Waals surface area contributed by atoms with E-state index in [4.69, 9.17) is 5.73 Å². The van der Waals surface area contributed by atoms with Gasteiger partial charge < -0.3 is 5.73 Å². The van der Waals surface area contributed by atoms with Gasteiger partial charge in [-0.25, -0.2) is 0 Å². The predicted octanol–water partition coefficient (Wildman–Crippen LogP) is 2.88. The third-order valence-corrected chi connectivity index (χ3v) is 4.13. The minimum absolute atomic E-state index is 0.315. The Morgan fingerprint density at radius 1 is 1.44 bits per heavy atom. The van der Waals surface area contributed by atoms with Crippen LogP contribution in [-0.2, 0) is 5.41 Å². The minimum Gasteiger partial charge on any atom is -0.330 e. The standard InChI is InChI=1S/C14H22N2/c1-12-4-6-14(7-5-12,8-9-15)13-3-2-10-16-11-13/h2-3,10-12H,4-9,15H2,1H3. The molecule has 88 valence electrons. The highest BCUT2D eigenvalue weighted by molar-refractivity contribution is 5.22. The molecule has 1 aromatic rings. The van der Waals surface area contributed by atoms with E-state index in [1.54, 1.807) is 0 Å². The van der Waals surface area contributed by atoms with E-state index in [1.165, 1.54) is 31.2 Å². The molecule has 1 aliphatic rings. The van der Waals surface area contributed by atoms with Gasteiger partial charge in [0.25, 0.3) is 0 Å². The Hall–Kier alpha value is -0.890. The van der Waals surface area contributed by atoms with Gasteiger partial charge in [-0.3, -0.25) is 4.98 Å². The number of nitrogens with two attached hydrogens (primary N) is 1. The summed E-state index contributed by atoms with van der Waals surface area (Å²) in [6.45, 7) is 3.14. The van der Waals surface area contributed by atoms with Gasteiger partial charge in [0.05, 0.1) is 0 Å². The largest absolute Gasteiger partial charge is 0.330 e. The Kier molecular flexibility index (Phi) is 3.59. The van der Waals surface area contributed by atoms with E-state index < -0.39 is 0 Å². The molecule has 0 unspecified atom stereocenters. The summed E-state index contributed by atoms with van der Waals surface area (Å²) in [5.74, 6) is 0.877. The molecule has 2 heteroatoms. The van der Waals surface area contributed by atoms with Crippen molar-refractivity contribution >= 4 is 0 Å². The first-order valence-corrected chi connectivity index (χ1v) is 6.37. The lowest BCUT2D eigenvalue weighted by atomic mass is 9.65. The third kappa shape index (κ3) is 2.27. The topological polar surface area (TPSA) is 38.9 Å². The number of pyridine rings is 1. The number of aromatic nitrogens is 1. The van der Waals surface area contributed by atoms with Crippen LogP contribution < -0.4 is 5.73 Å². The summed E-state index contributed by atoms with van der Waals surface area (Å²) in [6, 6.07) is 4.27. The lowest BCUT2D eigenvalue weighted by molar-refractivity contribution is 0.230. The molecule has 1 saturated carbocycles. The molecule has 2 nitrogen and oxygen atoms in total. The molecule has 2 rings (SSSR count). The van der Waals surface area contributed by atoms with Crippen molar-refractivity contribution in [3.63, 3.8) is 0 Å². The molecule has 1 aliphatic carbocycles. The summed E-state index contributed by atoms with van der Waals surface area (Å²) in [7, 11) is 0. The zero-order valence-electron chi connectivity index (χ0n) is 10.2. The molecule has 0 spiro atoms. The molecular formula is C14H22N2. The van der Waals surface area contributed by atoms with Crippen LogP contribution in [0.4, 0.5) is 0 Å². The van der Waals surface area contributed by atoms with E-state index in [0.29, 0.717) is 5.41 Å². The van der Waals surface area contributed by atoms with Gasteiger partial charge in [0.2, 0.25) is 0 Å². The Bertz CT molecular complexity index is 313. The van der Waals surface area contributed by atoms with Crippen molar-refractivity contribution in [2.45, 2.75) is 44.4 Å². The molecule has 0 bridgehead atoms. The second kappa shape index (κ2) is 4.96. The molecule has 0 amide bonds. The maximum absolute atomic E-state index is 5.80. The Morgan fingerprint density at radius 2 is 2.19 bits per heavy atom. The predicted molar refractivity (Wildman–Crippen MR) is 67.2 cm³/mol. The molecule has 0 saturated heterocycles. The summed E-state index contributed by atoms with van der Waals surface area (Å²) in [5.41, 5.74) is 7.51. The smallest absolute Gasteiger partial charge is 0.0305 e. The highest BCUT2D eigenvalue weighted by atomic mass is 14.6. The van der Waals surface area contributed by atoms with Crippen LogP contribution in [0.1, 0.15) is 44.6 Å². The zero-order valence-corrected chi connectivity index (χ0v) is 10.2. The van der Waals surface area contributed by atoms with Crippen molar-refractivity contribution in [2.75, 3.05) is 6.54 Å². The SMILES string of the molecule is CC1CCC(CCN)(c2cccnc2)CC1. The summed E-state index contributed by atoms with van der Waals surface area (Å²) in [6.07, 6.45) is 10.2. The van der Waals surface area contributed by atoms with Gasteiger partial charge in [0, 0.05) is 12.4 Å². The van der Waals surface area contributed by atoms with E-state index >= 15 is 0 Å². The van der Waals surface area contributed by atoms with Crippen molar-refractivity contribution in [3.8, 4) is 0 Å². The van der Waals surface area contributed by atoms with Crippen LogP contribution in [-0.4, -0.2) is 11.5 Å². The Labute approximate surface area is 98.3 Å². The van der Waals surface area contributed by atoms with Gasteiger partial charge in [-0.05, 0) is 61.6 Å². The second-order valence-electron chi connectivity index (χ2n) is 5.24. The van der Waals surface area contributed by atoms with Crippen LogP contribution >= 0.6 is 0 Å². The maximum atomic E-state index is 5.80. The first-order valence-electron chi connectivity index (χ1n) is 6.37. The Morgan fingerprint density at radius 3 is 2.75 bits per heavy atom. The number of hydrogen-bond donors (Lipinski definition) is 1. The molecule has 1 aromatic heterocycles. The van der Waals surface area contributed by atoms with Crippen LogP contribution in [0, 0.1) is 5.92 Å². The summed E-state index contributed by atoms with van der Waals surface area (Å²) >= 11 is 0. The Balaban J connectivity index is 2.22. The van der Waals surface area contributed by atoms with Crippen LogP contribution in [0.15, 0.2) is 24.5 Å². The highest BCUT2D eigenvalue weighted by Crippen LogP contribution is 2.43. The van der Waals surface area contributed by atoms with Crippen LogP contribution in [0.2, 0.25) is 0 Å². The molecule has 16 heavy (non-hydrogen) atoms. The molecule has 1 heterocycles. The van der Waals surface area contributed by atoms with Gasteiger partial charge in [-0.15, -0.1) is 0 Å². The summed E-state index contributed by atoms with van der Waals surface area (Å²) in [5, 5.41) is 0. The van der Waals surface area contributed by atoms with E-state index in [-0.39, 0.29) is 0 Å². The maximum Gasteiger partial charge on any atom is 0.0305 e. The minimum atomic E-state index is 0.315. The highest BCUT2D eigenvalue weighted by Gasteiger charge is 2.35. The van der Waals surface area contributed by atoms with Crippen LogP contribution in [0.25, 0.3) is 0 Å². The average molecular weight is 218 g/mol. The monoisotopic (exact) mass is 218 g/mol. The van der Waals surface area contributed by atoms with Crippen LogP contribution in [0.3, 0.4) is 0 Å². The number of hydrogen-bond acceptors (Lipinski definition) is 2. The molecule has 2 N–H and O–H groups in total. The lowest BCUT2D eigenvalue weighted by Crippen LogP contribution is -2.33. The molecule has 1 fully saturated rings. The number of rotatable bonds is 3. The first-order chi connectivity index (χ1) is 7.77. The second-order valence-corrected chi connectivity index (χ2v) is 5.24. The van der Waals surface area contributed by atoms with Crippen molar-refractivity contribution in [1.29, 1.82) is 0 Å². The molecule has 0 aromatic carbocycles. The van der Waals surface area contributed by atoms with E-state index in [0.717, 1.165) is 18.9 Å². The van der Waals surface area contributed by atoms with Crippen molar-refractivity contribution < 1.29 is 0 Å². The van der Waals surface area contributed by atoms with E-state index in [2.05, 4.69) is 18.0 Å². The third-order valence-electron chi connectivity index (χ3n) is 4.13. The van der Waals surface area contributed by atoms with Gasteiger partial charge in [-0.1, -0.05) is 13.0 Å². The van der Waals surface area contributed by atoms with Gasteiger partial charge in [0.1, 0.15) is 0 Å². The van der Waals surface area contributed by atoms with Crippen molar-refractivity contribution in [2.24, 2.45) is 11.7 Å². The molecule has 0 aliphatic heterocycles. The van der Waals surface area contributed by atoms with Crippen LogP contribution in [0.5, 0.6) is 0 Å². The summed E-state index contributed by atoms with van der Waals surface area (Å²) in [4.78, 5) is 4.27. The van der Waals surface area contributed by atoms with Gasteiger partial charge >= 0.3 is 0 Å². The fraction of sp³-hybridized carbons (Fsp3) is 0.643. The molecular weight excluding hydrogens is 196 g/mol. The number of nitrogens with zero attached hydrogens (tertiary/aromatic N) is 1. The normalized spacial score (nSPS) is 30.2. The van der Waals surface area contributed by atoms with E-state index in [9.17, 15) is 0 Å². The fourth-order valence-electron chi connectivity index (χ4n) is 2.95. The molecule has 0 atom stereocenters. The van der Waals surface area contributed by atoms with Crippen molar-refractivity contribution in [1.82, 2.24) is 4.98 Å². The fourth-order valence-corrected chi connectivity index (χ4v) is 2.95. The van der Waals surface area contributed by atoms with Gasteiger partial charge in [0.15, 0.2) is 0 Å². The quantitative estimate of drug-likeness (QED) is 0.847.